The molecule has 0 heterocycles. The van der Waals surface area contributed by atoms with Crippen LogP contribution in [0.5, 0.6) is 0 Å². The second kappa shape index (κ2) is 10.1. The Hall–Kier alpha value is -0.820. The van der Waals surface area contributed by atoms with E-state index in [-0.39, 0.29) is 12.6 Å². The lowest BCUT2D eigenvalue weighted by molar-refractivity contribution is 0.102. The van der Waals surface area contributed by atoms with E-state index in [1.165, 1.54) is 32.1 Å². The maximum atomic E-state index is 12.0. The van der Waals surface area contributed by atoms with Crippen molar-refractivity contribution in [2.75, 3.05) is 4.43 Å². The minimum atomic E-state index is -0.526. The van der Waals surface area contributed by atoms with Crippen LogP contribution < -0.4 is 5.32 Å². The summed E-state index contributed by atoms with van der Waals surface area (Å²) in [5, 5.41) is 13.1. The van der Waals surface area contributed by atoms with Crippen molar-refractivity contribution in [2.24, 2.45) is 5.92 Å². The van der Waals surface area contributed by atoms with Gasteiger partial charge in [-0.25, -0.2) is 4.79 Å². The molecule has 5 heteroatoms. The summed E-state index contributed by atoms with van der Waals surface area (Å²) in [6.45, 7) is 0.253. The van der Waals surface area contributed by atoms with Gasteiger partial charge in [-0.05, 0) is 17.9 Å². The molecule has 128 valence electrons. The molecule has 1 aliphatic rings. The van der Waals surface area contributed by atoms with E-state index in [4.69, 9.17) is 4.74 Å². The molecule has 2 N–H and O–H groups in total. The Morgan fingerprint density at radius 2 is 1.96 bits per heavy atom. The first-order valence-electron chi connectivity index (χ1n) is 8.40. The number of alkyl carbamates (subject to hydrolysis) is 1. The van der Waals surface area contributed by atoms with Crippen molar-refractivity contribution >= 4 is 28.7 Å². The quantitative estimate of drug-likeness (QED) is 0.506. The smallest absolute Gasteiger partial charge is 0.407 e. The Balaban J connectivity index is 1.82. The van der Waals surface area contributed by atoms with Crippen molar-refractivity contribution in [3.63, 3.8) is 0 Å². The summed E-state index contributed by atoms with van der Waals surface area (Å²) in [5.41, 5.74) is 0.959. The van der Waals surface area contributed by atoms with E-state index < -0.39 is 12.2 Å². The zero-order valence-electron chi connectivity index (χ0n) is 13.4. The third kappa shape index (κ3) is 6.67. The summed E-state index contributed by atoms with van der Waals surface area (Å²) in [4.78, 5) is 12.0. The topological polar surface area (TPSA) is 58.6 Å². The zero-order valence-corrected chi connectivity index (χ0v) is 15.6. The molecule has 2 unspecified atom stereocenters. The average molecular weight is 431 g/mol. The Morgan fingerprint density at radius 3 is 2.61 bits per heavy atom. The summed E-state index contributed by atoms with van der Waals surface area (Å²) in [5.74, 6) is 0.598. The minimum absolute atomic E-state index is 0.224. The predicted molar refractivity (Wildman–Crippen MR) is 99.6 cm³/mol. The van der Waals surface area contributed by atoms with Crippen molar-refractivity contribution in [1.29, 1.82) is 0 Å². The SMILES string of the molecule is O=C(NC(CC1CCCCC1)C(O)CI)OCc1ccccc1. The molecule has 2 atom stereocenters. The average Bonchev–Trinajstić information content (AvgIpc) is 2.60. The van der Waals surface area contributed by atoms with E-state index in [2.05, 4.69) is 27.9 Å². The minimum Gasteiger partial charge on any atom is -0.445 e. The second-order valence-electron chi connectivity index (χ2n) is 6.27. The van der Waals surface area contributed by atoms with E-state index in [1.807, 2.05) is 30.3 Å². The summed E-state index contributed by atoms with van der Waals surface area (Å²) in [7, 11) is 0. The highest BCUT2D eigenvalue weighted by Gasteiger charge is 2.25. The number of aliphatic hydroxyl groups excluding tert-OH is 1. The van der Waals surface area contributed by atoms with Gasteiger partial charge in [-0.3, -0.25) is 0 Å². The number of benzene rings is 1. The molecule has 0 bridgehead atoms. The summed E-state index contributed by atoms with van der Waals surface area (Å²) < 4.78 is 5.88. The van der Waals surface area contributed by atoms with Crippen LogP contribution in [0.25, 0.3) is 0 Å². The van der Waals surface area contributed by atoms with Gasteiger partial charge in [0.2, 0.25) is 0 Å². The van der Waals surface area contributed by atoms with Crippen LogP contribution in [0.15, 0.2) is 30.3 Å². The number of nitrogens with one attached hydrogen (secondary N) is 1. The molecule has 1 fully saturated rings. The molecular formula is C18H26INO3. The van der Waals surface area contributed by atoms with E-state index in [0.717, 1.165) is 12.0 Å². The first-order valence-corrected chi connectivity index (χ1v) is 9.93. The van der Waals surface area contributed by atoms with Crippen molar-refractivity contribution in [3.8, 4) is 0 Å². The van der Waals surface area contributed by atoms with E-state index in [1.54, 1.807) is 0 Å². The maximum absolute atomic E-state index is 12.0. The highest BCUT2D eigenvalue weighted by atomic mass is 127. The number of hydrogen-bond acceptors (Lipinski definition) is 3. The molecule has 0 aliphatic heterocycles. The van der Waals surface area contributed by atoms with Crippen molar-refractivity contribution < 1.29 is 14.6 Å². The highest BCUT2D eigenvalue weighted by Crippen LogP contribution is 2.28. The third-order valence-corrected chi connectivity index (χ3v) is 5.35. The Morgan fingerprint density at radius 1 is 1.26 bits per heavy atom. The van der Waals surface area contributed by atoms with Crippen molar-refractivity contribution in [3.05, 3.63) is 35.9 Å². The number of alkyl halides is 1. The molecule has 4 nitrogen and oxygen atoms in total. The third-order valence-electron chi connectivity index (χ3n) is 4.45. The number of rotatable bonds is 7. The van der Waals surface area contributed by atoms with E-state index in [9.17, 15) is 9.90 Å². The van der Waals surface area contributed by atoms with Gasteiger partial charge >= 0.3 is 6.09 Å². The van der Waals surface area contributed by atoms with Gasteiger partial charge in [-0.1, -0.05) is 85.0 Å². The van der Waals surface area contributed by atoms with Gasteiger partial charge in [0, 0.05) is 4.43 Å². The number of ether oxygens (including phenoxy) is 1. The molecule has 1 amide bonds. The summed E-state index contributed by atoms with van der Waals surface area (Å²) in [6, 6.07) is 9.39. The van der Waals surface area contributed by atoms with Crippen LogP contribution in [0.4, 0.5) is 4.79 Å². The molecule has 1 aromatic carbocycles. The lowest BCUT2D eigenvalue weighted by Gasteiger charge is -2.29. The molecule has 23 heavy (non-hydrogen) atoms. The Labute approximate surface area is 152 Å². The van der Waals surface area contributed by atoms with Gasteiger partial charge in [0.05, 0.1) is 12.1 Å². The fourth-order valence-electron chi connectivity index (χ4n) is 3.12. The van der Waals surface area contributed by atoms with Gasteiger partial charge in [0.15, 0.2) is 0 Å². The Bertz CT molecular complexity index is 463. The van der Waals surface area contributed by atoms with Gasteiger partial charge in [-0.15, -0.1) is 0 Å². The van der Waals surface area contributed by atoms with Crippen LogP contribution in [-0.2, 0) is 11.3 Å². The lowest BCUT2D eigenvalue weighted by atomic mass is 9.84. The summed E-state index contributed by atoms with van der Waals surface area (Å²) >= 11 is 2.16. The normalized spacial score (nSPS) is 18.2. The first-order chi connectivity index (χ1) is 11.2. The van der Waals surface area contributed by atoms with Gasteiger partial charge in [0.1, 0.15) is 6.61 Å². The van der Waals surface area contributed by atoms with Crippen LogP contribution in [0, 0.1) is 5.92 Å². The maximum Gasteiger partial charge on any atom is 0.407 e. The molecular weight excluding hydrogens is 405 g/mol. The van der Waals surface area contributed by atoms with Crippen LogP contribution in [-0.4, -0.2) is 27.8 Å². The van der Waals surface area contributed by atoms with Crippen LogP contribution in [0.2, 0.25) is 0 Å². The molecule has 0 aromatic heterocycles. The first kappa shape index (κ1) is 18.5. The van der Waals surface area contributed by atoms with Crippen molar-refractivity contribution in [2.45, 2.75) is 57.3 Å². The largest absolute Gasteiger partial charge is 0.445 e. The number of carbonyl (C=O) groups is 1. The molecule has 1 saturated carbocycles. The standard InChI is InChI=1S/C18H26INO3/c19-12-17(21)16(11-14-7-3-1-4-8-14)20-18(22)23-13-15-9-5-2-6-10-15/h2,5-6,9-10,14,16-17,21H,1,3-4,7-8,11-13H2,(H,20,22). The fraction of sp³-hybridized carbons (Fsp3) is 0.611. The molecule has 2 rings (SSSR count). The van der Waals surface area contributed by atoms with E-state index in [0.29, 0.717) is 10.3 Å². The van der Waals surface area contributed by atoms with Crippen LogP contribution in [0.3, 0.4) is 0 Å². The van der Waals surface area contributed by atoms with Gasteiger partial charge < -0.3 is 15.2 Å². The monoisotopic (exact) mass is 431 g/mol. The lowest BCUT2D eigenvalue weighted by Crippen LogP contribution is -2.45. The predicted octanol–water partition coefficient (Wildman–Crippen LogP) is 4.05. The zero-order chi connectivity index (χ0) is 16.5. The molecule has 1 aromatic rings. The second-order valence-corrected chi connectivity index (χ2v) is 7.15. The number of halogens is 1. The van der Waals surface area contributed by atoms with Crippen molar-refractivity contribution in [1.82, 2.24) is 5.32 Å². The van der Waals surface area contributed by atoms with E-state index >= 15 is 0 Å². The highest BCUT2D eigenvalue weighted by molar-refractivity contribution is 14.1. The number of hydrogen-bond donors (Lipinski definition) is 2. The number of carbonyl (C=O) groups excluding carboxylic acids is 1. The van der Waals surface area contributed by atoms with Gasteiger partial charge in [0.25, 0.3) is 0 Å². The Kier molecular flexibility index (Phi) is 8.16. The van der Waals surface area contributed by atoms with Crippen LogP contribution in [0.1, 0.15) is 44.1 Å². The fourth-order valence-corrected chi connectivity index (χ4v) is 3.73. The number of aliphatic hydroxyl groups is 1. The molecule has 0 spiro atoms. The van der Waals surface area contributed by atoms with Gasteiger partial charge in [-0.2, -0.15) is 0 Å². The van der Waals surface area contributed by atoms with Crippen LogP contribution >= 0.6 is 22.6 Å². The number of amides is 1. The molecule has 1 aliphatic carbocycles. The molecule has 0 radical (unpaired) electrons. The molecule has 0 saturated heterocycles. The summed E-state index contributed by atoms with van der Waals surface area (Å²) in [6.07, 6.45) is 6.09.